The normalized spacial score (nSPS) is 12.6. The van der Waals surface area contributed by atoms with Crippen molar-refractivity contribution in [1.29, 1.82) is 0 Å². The van der Waals surface area contributed by atoms with Crippen LogP contribution in [0.4, 0.5) is 0 Å². The van der Waals surface area contributed by atoms with E-state index in [9.17, 15) is 0 Å². The van der Waals surface area contributed by atoms with Crippen molar-refractivity contribution in [2.45, 2.75) is 33.1 Å². The van der Waals surface area contributed by atoms with Gasteiger partial charge in [0.25, 0.3) is 0 Å². The monoisotopic (exact) mass is 288 g/mol. The molecule has 3 heteroatoms. The summed E-state index contributed by atoms with van der Waals surface area (Å²) in [6, 6.07) is 8.93. The SMILES string of the molecule is CNCC(CCc1scnc1C)Cc1ccc(C)cc1. The summed E-state index contributed by atoms with van der Waals surface area (Å²) in [6.45, 7) is 5.33. The molecule has 1 atom stereocenters. The van der Waals surface area contributed by atoms with E-state index in [1.165, 1.54) is 28.1 Å². The molecule has 0 aliphatic carbocycles. The van der Waals surface area contributed by atoms with Gasteiger partial charge >= 0.3 is 0 Å². The summed E-state index contributed by atoms with van der Waals surface area (Å²) in [6.07, 6.45) is 3.52. The molecule has 0 spiro atoms. The third-order valence-corrected chi connectivity index (χ3v) is 4.76. The molecular formula is C17H24N2S. The van der Waals surface area contributed by atoms with E-state index >= 15 is 0 Å². The Morgan fingerprint density at radius 1 is 1.20 bits per heavy atom. The first-order valence-electron chi connectivity index (χ1n) is 7.28. The number of aryl methyl sites for hydroxylation is 3. The smallest absolute Gasteiger partial charge is 0.0797 e. The van der Waals surface area contributed by atoms with Crippen LogP contribution in [-0.2, 0) is 12.8 Å². The Morgan fingerprint density at radius 3 is 2.55 bits per heavy atom. The Balaban J connectivity index is 1.93. The van der Waals surface area contributed by atoms with Gasteiger partial charge in [0, 0.05) is 4.88 Å². The molecule has 0 amide bonds. The summed E-state index contributed by atoms with van der Waals surface area (Å²) >= 11 is 1.79. The standard InChI is InChI=1S/C17H24N2S/c1-13-4-6-15(7-5-13)10-16(11-18-3)8-9-17-14(2)19-12-20-17/h4-7,12,16,18H,8-11H2,1-3H3. The van der Waals surface area contributed by atoms with Crippen LogP contribution in [0.15, 0.2) is 29.8 Å². The number of nitrogens with zero attached hydrogens (tertiary/aromatic N) is 1. The van der Waals surface area contributed by atoms with E-state index in [1.54, 1.807) is 11.3 Å². The number of nitrogens with one attached hydrogen (secondary N) is 1. The molecule has 20 heavy (non-hydrogen) atoms. The summed E-state index contributed by atoms with van der Waals surface area (Å²) in [5.74, 6) is 0.684. The highest BCUT2D eigenvalue weighted by Crippen LogP contribution is 2.19. The quantitative estimate of drug-likeness (QED) is 0.839. The summed E-state index contributed by atoms with van der Waals surface area (Å²) in [7, 11) is 2.04. The van der Waals surface area contributed by atoms with Gasteiger partial charge in [-0.05, 0) is 58.2 Å². The first-order chi connectivity index (χ1) is 9.69. The highest BCUT2D eigenvalue weighted by molar-refractivity contribution is 7.09. The third kappa shape index (κ3) is 4.43. The molecule has 1 aromatic heterocycles. The zero-order chi connectivity index (χ0) is 14.4. The van der Waals surface area contributed by atoms with Crippen molar-refractivity contribution in [3.05, 3.63) is 51.5 Å². The second-order valence-corrected chi connectivity index (χ2v) is 6.45. The van der Waals surface area contributed by atoms with E-state index < -0.39 is 0 Å². The van der Waals surface area contributed by atoms with E-state index in [4.69, 9.17) is 0 Å². The van der Waals surface area contributed by atoms with Gasteiger partial charge in [-0.1, -0.05) is 29.8 Å². The second kappa shape index (κ2) is 7.55. The maximum absolute atomic E-state index is 4.34. The lowest BCUT2D eigenvalue weighted by Crippen LogP contribution is -2.21. The molecule has 2 nitrogen and oxygen atoms in total. The van der Waals surface area contributed by atoms with Gasteiger partial charge < -0.3 is 5.32 Å². The van der Waals surface area contributed by atoms with E-state index in [-0.39, 0.29) is 0 Å². The van der Waals surface area contributed by atoms with Crippen molar-refractivity contribution in [3.8, 4) is 0 Å². The number of hydrogen-bond donors (Lipinski definition) is 1. The van der Waals surface area contributed by atoms with Crippen LogP contribution in [0.3, 0.4) is 0 Å². The molecule has 0 saturated carbocycles. The van der Waals surface area contributed by atoms with Crippen LogP contribution in [0.1, 0.15) is 28.1 Å². The largest absolute Gasteiger partial charge is 0.319 e. The Bertz CT molecular complexity index is 516. The number of aromatic nitrogens is 1. The fourth-order valence-corrected chi connectivity index (χ4v) is 3.32. The van der Waals surface area contributed by atoms with Crippen LogP contribution in [0.25, 0.3) is 0 Å². The van der Waals surface area contributed by atoms with E-state index in [1.807, 2.05) is 12.6 Å². The van der Waals surface area contributed by atoms with Crippen molar-refractivity contribution in [2.75, 3.05) is 13.6 Å². The maximum Gasteiger partial charge on any atom is 0.0797 e. The lowest BCUT2D eigenvalue weighted by molar-refractivity contribution is 0.462. The zero-order valence-corrected chi connectivity index (χ0v) is 13.5. The van der Waals surface area contributed by atoms with Gasteiger partial charge in [-0.3, -0.25) is 0 Å². The predicted molar refractivity (Wildman–Crippen MR) is 87.5 cm³/mol. The van der Waals surface area contributed by atoms with Gasteiger partial charge in [-0.15, -0.1) is 11.3 Å². The van der Waals surface area contributed by atoms with Crippen LogP contribution in [-0.4, -0.2) is 18.6 Å². The van der Waals surface area contributed by atoms with Crippen molar-refractivity contribution in [2.24, 2.45) is 5.92 Å². The van der Waals surface area contributed by atoms with Gasteiger partial charge in [-0.25, -0.2) is 4.98 Å². The van der Waals surface area contributed by atoms with Gasteiger partial charge in [0.2, 0.25) is 0 Å². The first-order valence-corrected chi connectivity index (χ1v) is 8.16. The fraction of sp³-hybridized carbons (Fsp3) is 0.471. The van der Waals surface area contributed by atoms with Crippen LogP contribution in [0.5, 0.6) is 0 Å². The number of rotatable bonds is 7. The topological polar surface area (TPSA) is 24.9 Å². The van der Waals surface area contributed by atoms with Gasteiger partial charge in [-0.2, -0.15) is 0 Å². The summed E-state index contributed by atoms with van der Waals surface area (Å²) in [5.41, 5.74) is 5.93. The van der Waals surface area contributed by atoms with Crippen LogP contribution < -0.4 is 5.32 Å². The molecule has 1 aromatic carbocycles. The molecule has 2 rings (SSSR count). The van der Waals surface area contributed by atoms with E-state index in [0.717, 1.165) is 19.4 Å². The molecule has 0 fully saturated rings. The minimum Gasteiger partial charge on any atom is -0.319 e. The molecule has 108 valence electrons. The van der Waals surface area contributed by atoms with Gasteiger partial charge in [0.1, 0.15) is 0 Å². The highest BCUT2D eigenvalue weighted by atomic mass is 32.1. The number of hydrogen-bond acceptors (Lipinski definition) is 3. The molecule has 0 radical (unpaired) electrons. The average molecular weight is 288 g/mol. The maximum atomic E-state index is 4.34. The lowest BCUT2D eigenvalue weighted by atomic mass is 9.94. The third-order valence-electron chi connectivity index (χ3n) is 3.76. The Morgan fingerprint density at radius 2 is 1.95 bits per heavy atom. The Hall–Kier alpha value is -1.19. The van der Waals surface area contributed by atoms with Gasteiger partial charge in [0.05, 0.1) is 11.2 Å². The van der Waals surface area contributed by atoms with Crippen molar-refractivity contribution in [3.63, 3.8) is 0 Å². The van der Waals surface area contributed by atoms with E-state index in [2.05, 4.69) is 48.4 Å². The minimum atomic E-state index is 0.684. The predicted octanol–water partition coefficient (Wildman–Crippen LogP) is 3.77. The fourth-order valence-electron chi connectivity index (χ4n) is 2.52. The minimum absolute atomic E-state index is 0.684. The van der Waals surface area contributed by atoms with Crippen molar-refractivity contribution < 1.29 is 0 Å². The molecule has 1 unspecified atom stereocenters. The average Bonchev–Trinajstić information content (AvgIpc) is 2.84. The molecule has 0 aliphatic rings. The molecule has 2 aromatic rings. The van der Waals surface area contributed by atoms with Gasteiger partial charge in [0.15, 0.2) is 0 Å². The van der Waals surface area contributed by atoms with Crippen molar-refractivity contribution in [1.82, 2.24) is 10.3 Å². The molecule has 1 N–H and O–H groups in total. The molecule has 0 bridgehead atoms. The molecule has 0 saturated heterocycles. The van der Waals surface area contributed by atoms with E-state index in [0.29, 0.717) is 5.92 Å². The second-order valence-electron chi connectivity index (χ2n) is 5.51. The van der Waals surface area contributed by atoms with Crippen LogP contribution >= 0.6 is 11.3 Å². The Labute approximate surface area is 126 Å². The molecule has 1 heterocycles. The first kappa shape index (κ1) is 15.2. The molecular weight excluding hydrogens is 264 g/mol. The summed E-state index contributed by atoms with van der Waals surface area (Å²) in [4.78, 5) is 5.78. The summed E-state index contributed by atoms with van der Waals surface area (Å²) in [5, 5.41) is 3.33. The summed E-state index contributed by atoms with van der Waals surface area (Å²) < 4.78 is 0. The zero-order valence-electron chi connectivity index (χ0n) is 12.6. The lowest BCUT2D eigenvalue weighted by Gasteiger charge is -2.16. The molecule has 0 aliphatic heterocycles. The number of thiazole rings is 1. The van der Waals surface area contributed by atoms with Crippen LogP contribution in [0.2, 0.25) is 0 Å². The Kier molecular flexibility index (Phi) is 5.74. The van der Waals surface area contributed by atoms with Crippen molar-refractivity contribution >= 4 is 11.3 Å². The highest BCUT2D eigenvalue weighted by Gasteiger charge is 2.11. The number of benzene rings is 1. The van der Waals surface area contributed by atoms with Crippen LogP contribution in [0, 0.1) is 19.8 Å².